The molecule has 1 saturated heterocycles. The van der Waals surface area contributed by atoms with Gasteiger partial charge in [0.25, 0.3) is 0 Å². The van der Waals surface area contributed by atoms with E-state index in [0.29, 0.717) is 12.4 Å². The molecule has 0 atom stereocenters. The summed E-state index contributed by atoms with van der Waals surface area (Å²) >= 11 is 5.45. The summed E-state index contributed by atoms with van der Waals surface area (Å²) in [7, 11) is 0. The highest BCUT2D eigenvalue weighted by Gasteiger charge is 2.19. The third kappa shape index (κ3) is 1.83. The Labute approximate surface area is 70.0 Å². The van der Waals surface area contributed by atoms with Crippen molar-refractivity contribution >= 4 is 23.1 Å². The third-order valence-corrected chi connectivity index (χ3v) is 1.95. The van der Waals surface area contributed by atoms with Crippen molar-refractivity contribution < 1.29 is 5.21 Å². The molecule has 0 amide bonds. The molecule has 1 aliphatic rings. The molecule has 1 fully saturated rings. The summed E-state index contributed by atoms with van der Waals surface area (Å²) < 4.78 is 0. The molecule has 1 aliphatic heterocycles. The molecule has 0 spiro atoms. The maximum atomic E-state index is 8.40. The summed E-state index contributed by atoms with van der Waals surface area (Å²) in [5.74, 6) is 0.615. The van der Waals surface area contributed by atoms with Crippen LogP contribution in [0.2, 0.25) is 0 Å². The summed E-state index contributed by atoms with van der Waals surface area (Å²) in [6.45, 7) is 1.28. The molecule has 0 bridgehead atoms. The van der Waals surface area contributed by atoms with E-state index in [1.807, 2.05) is 0 Å². The highest BCUT2D eigenvalue weighted by Crippen LogP contribution is 2.06. The molecule has 0 unspecified atom stereocenters. The van der Waals surface area contributed by atoms with Gasteiger partial charge in [-0.3, -0.25) is 5.41 Å². The molecule has 4 nitrogen and oxygen atoms in total. The lowest BCUT2D eigenvalue weighted by Crippen LogP contribution is -2.28. The van der Waals surface area contributed by atoms with E-state index >= 15 is 0 Å². The van der Waals surface area contributed by atoms with E-state index in [2.05, 4.69) is 5.16 Å². The second-order valence-electron chi connectivity index (χ2n) is 2.42. The largest absolute Gasteiger partial charge is 0.411 e. The Morgan fingerprint density at radius 2 is 2.55 bits per heavy atom. The summed E-state index contributed by atoms with van der Waals surface area (Å²) in [5, 5.41) is 18.8. The molecule has 0 aromatic carbocycles. The van der Waals surface area contributed by atoms with Crippen LogP contribution < -0.4 is 0 Å². The Hall–Kier alpha value is -0.770. The first-order chi connectivity index (χ1) is 5.27. The van der Waals surface area contributed by atoms with Crippen LogP contribution in [0, 0.1) is 5.41 Å². The Kier molecular flexibility index (Phi) is 2.70. The average Bonchev–Trinajstić information content (AvgIpc) is 2.50. The summed E-state index contributed by atoms with van der Waals surface area (Å²) in [5.41, 5.74) is 0.722. The quantitative estimate of drug-likeness (QED) is 0.203. The zero-order chi connectivity index (χ0) is 8.27. The molecule has 0 aromatic heterocycles. The van der Waals surface area contributed by atoms with E-state index in [-0.39, 0.29) is 5.88 Å². The number of nitrogens with zero attached hydrogens (tertiary/aromatic N) is 2. The fraction of sp³-hybridized carbons (Fsp3) is 0.667. The molecular formula is C6H10ClN3O. The number of hydrogen-bond acceptors (Lipinski definition) is 3. The van der Waals surface area contributed by atoms with Crippen LogP contribution in [0.4, 0.5) is 0 Å². The van der Waals surface area contributed by atoms with Crippen LogP contribution in [0.3, 0.4) is 0 Å². The van der Waals surface area contributed by atoms with Crippen molar-refractivity contribution in [2.24, 2.45) is 5.16 Å². The number of oxime groups is 1. The van der Waals surface area contributed by atoms with Crippen molar-refractivity contribution in [1.29, 1.82) is 5.41 Å². The number of alkyl halides is 1. The topological polar surface area (TPSA) is 59.7 Å². The maximum absolute atomic E-state index is 8.40. The van der Waals surface area contributed by atoms with Gasteiger partial charge in [0.05, 0.1) is 18.1 Å². The SMILES string of the molecule is N=C(CCl)N1CC/C(=N/O)C1. The third-order valence-electron chi connectivity index (χ3n) is 1.69. The van der Waals surface area contributed by atoms with E-state index in [9.17, 15) is 0 Å². The van der Waals surface area contributed by atoms with E-state index in [0.717, 1.165) is 18.7 Å². The predicted octanol–water partition coefficient (Wildman–Crippen LogP) is 0.738. The number of halogens is 1. The summed E-state index contributed by atoms with van der Waals surface area (Å²) in [6, 6.07) is 0. The van der Waals surface area contributed by atoms with E-state index in [4.69, 9.17) is 22.2 Å². The fourth-order valence-corrected chi connectivity index (χ4v) is 1.21. The standard InChI is InChI=1S/C6H10ClN3O/c7-3-6(8)10-2-1-5(4-10)9-11/h8,11H,1-4H2/b8-6?,9-5-. The van der Waals surface area contributed by atoms with Crippen LogP contribution in [0.5, 0.6) is 0 Å². The molecule has 0 radical (unpaired) electrons. The smallest absolute Gasteiger partial charge is 0.111 e. The van der Waals surface area contributed by atoms with Crippen LogP contribution in [0.25, 0.3) is 0 Å². The van der Waals surface area contributed by atoms with Crippen molar-refractivity contribution in [3.05, 3.63) is 0 Å². The highest BCUT2D eigenvalue weighted by atomic mass is 35.5. The van der Waals surface area contributed by atoms with Crippen molar-refractivity contribution in [1.82, 2.24) is 4.90 Å². The Morgan fingerprint density at radius 1 is 1.82 bits per heavy atom. The minimum absolute atomic E-state index is 0.221. The monoisotopic (exact) mass is 175 g/mol. The predicted molar refractivity (Wildman–Crippen MR) is 43.9 cm³/mol. The molecule has 0 saturated carbocycles. The molecular weight excluding hydrogens is 166 g/mol. The van der Waals surface area contributed by atoms with Gasteiger partial charge in [0.1, 0.15) is 5.84 Å². The molecule has 5 heteroatoms. The van der Waals surface area contributed by atoms with Gasteiger partial charge in [-0.15, -0.1) is 11.6 Å². The van der Waals surface area contributed by atoms with Crippen LogP contribution in [0.15, 0.2) is 5.16 Å². The lowest BCUT2D eigenvalue weighted by Gasteiger charge is -2.14. The summed E-state index contributed by atoms with van der Waals surface area (Å²) in [4.78, 5) is 1.79. The number of nitrogens with one attached hydrogen (secondary N) is 1. The lowest BCUT2D eigenvalue weighted by molar-refractivity contribution is 0.317. The van der Waals surface area contributed by atoms with Gasteiger partial charge >= 0.3 is 0 Å². The van der Waals surface area contributed by atoms with Crippen LogP contribution in [0.1, 0.15) is 6.42 Å². The van der Waals surface area contributed by atoms with E-state index < -0.39 is 0 Å². The Morgan fingerprint density at radius 3 is 3.00 bits per heavy atom. The minimum atomic E-state index is 0.221. The first-order valence-electron chi connectivity index (χ1n) is 3.36. The van der Waals surface area contributed by atoms with E-state index in [1.165, 1.54) is 0 Å². The van der Waals surface area contributed by atoms with Gasteiger partial charge in [-0.05, 0) is 0 Å². The highest BCUT2D eigenvalue weighted by molar-refractivity contribution is 6.27. The fourth-order valence-electron chi connectivity index (χ4n) is 1.04. The van der Waals surface area contributed by atoms with Crippen molar-refractivity contribution in [3.8, 4) is 0 Å². The minimum Gasteiger partial charge on any atom is -0.411 e. The van der Waals surface area contributed by atoms with Crippen molar-refractivity contribution in [2.75, 3.05) is 19.0 Å². The number of rotatable bonds is 1. The second-order valence-corrected chi connectivity index (χ2v) is 2.69. The number of hydrogen-bond donors (Lipinski definition) is 2. The van der Waals surface area contributed by atoms with Gasteiger partial charge in [0.2, 0.25) is 0 Å². The first kappa shape index (κ1) is 8.33. The molecule has 0 aromatic rings. The van der Waals surface area contributed by atoms with Crippen LogP contribution in [-0.4, -0.2) is 40.6 Å². The van der Waals surface area contributed by atoms with Crippen molar-refractivity contribution in [3.63, 3.8) is 0 Å². The number of likely N-dealkylation sites (tertiary alicyclic amines) is 1. The van der Waals surface area contributed by atoms with Gasteiger partial charge in [0.15, 0.2) is 0 Å². The normalized spacial score (nSPS) is 21.2. The van der Waals surface area contributed by atoms with Gasteiger partial charge in [-0.25, -0.2) is 0 Å². The molecule has 2 N–H and O–H groups in total. The zero-order valence-corrected chi connectivity index (χ0v) is 6.80. The second kappa shape index (κ2) is 3.57. The Bertz CT molecular complexity index is 192. The van der Waals surface area contributed by atoms with Crippen LogP contribution in [-0.2, 0) is 0 Å². The first-order valence-corrected chi connectivity index (χ1v) is 3.89. The van der Waals surface area contributed by atoms with Crippen molar-refractivity contribution in [2.45, 2.75) is 6.42 Å². The van der Waals surface area contributed by atoms with Gasteiger partial charge < -0.3 is 10.1 Å². The molecule has 1 heterocycles. The lowest BCUT2D eigenvalue weighted by atomic mass is 10.3. The molecule has 0 aliphatic carbocycles. The van der Waals surface area contributed by atoms with E-state index in [1.54, 1.807) is 4.90 Å². The zero-order valence-electron chi connectivity index (χ0n) is 6.05. The van der Waals surface area contributed by atoms with Gasteiger partial charge in [-0.1, -0.05) is 5.16 Å². The van der Waals surface area contributed by atoms with Crippen LogP contribution >= 0.6 is 11.6 Å². The molecule has 11 heavy (non-hydrogen) atoms. The molecule has 1 rings (SSSR count). The average molecular weight is 176 g/mol. The summed E-state index contributed by atoms with van der Waals surface area (Å²) in [6.07, 6.45) is 0.732. The number of amidine groups is 1. The maximum Gasteiger partial charge on any atom is 0.111 e. The molecule has 62 valence electrons. The van der Waals surface area contributed by atoms with Gasteiger partial charge in [0, 0.05) is 13.0 Å². The van der Waals surface area contributed by atoms with Gasteiger partial charge in [-0.2, -0.15) is 0 Å². The Balaban J connectivity index is 2.48.